The third kappa shape index (κ3) is 2.39. The molecule has 0 spiro atoms. The Bertz CT molecular complexity index is 394. The Morgan fingerprint density at radius 3 is 2.89 bits per heavy atom. The molecule has 2 atom stereocenters. The highest BCUT2D eigenvalue weighted by Gasteiger charge is 2.25. The lowest BCUT2D eigenvalue weighted by Gasteiger charge is -2.38. The number of rotatable bonds is 1. The second kappa shape index (κ2) is 5.31. The van der Waals surface area contributed by atoms with E-state index in [1.807, 2.05) is 0 Å². The van der Waals surface area contributed by atoms with Crippen molar-refractivity contribution in [1.29, 1.82) is 0 Å². The van der Waals surface area contributed by atoms with Gasteiger partial charge >= 0.3 is 0 Å². The van der Waals surface area contributed by atoms with Crippen LogP contribution in [0.3, 0.4) is 0 Å². The van der Waals surface area contributed by atoms with Crippen molar-refractivity contribution >= 4 is 5.69 Å². The van der Waals surface area contributed by atoms with Crippen molar-refractivity contribution in [2.24, 2.45) is 0 Å². The van der Waals surface area contributed by atoms with Gasteiger partial charge in [-0.3, -0.25) is 0 Å². The molecule has 2 unspecified atom stereocenters. The second-order valence-electron chi connectivity index (χ2n) is 5.82. The number of aryl methyl sites for hydroxylation is 1. The minimum absolute atomic E-state index is 0.695. The van der Waals surface area contributed by atoms with Crippen LogP contribution in [-0.2, 0) is 6.42 Å². The maximum absolute atomic E-state index is 3.64. The molecule has 0 bridgehead atoms. The van der Waals surface area contributed by atoms with Gasteiger partial charge in [0.25, 0.3) is 0 Å². The Morgan fingerprint density at radius 1 is 1.17 bits per heavy atom. The highest BCUT2D eigenvalue weighted by molar-refractivity contribution is 5.55. The first-order chi connectivity index (χ1) is 8.84. The zero-order chi connectivity index (χ0) is 12.4. The standard InChI is InChI=1S/C16H24N2/c1-13-9-10-15(12-17-13)18-11-5-4-7-14-6-2-3-8-16(14)18/h2-3,6,8,13,15,17H,4-5,7,9-12H2,1H3. The lowest BCUT2D eigenvalue weighted by atomic mass is 9.99. The monoisotopic (exact) mass is 244 g/mol. The van der Waals surface area contributed by atoms with E-state index in [4.69, 9.17) is 0 Å². The number of nitrogens with one attached hydrogen (secondary N) is 1. The summed E-state index contributed by atoms with van der Waals surface area (Å²) in [5.74, 6) is 0. The number of para-hydroxylation sites is 1. The lowest BCUT2D eigenvalue weighted by Crippen LogP contribution is -2.49. The molecule has 2 aliphatic heterocycles. The number of hydrogen-bond acceptors (Lipinski definition) is 2. The SMILES string of the molecule is CC1CCC(N2CCCCc3ccccc32)CN1. The van der Waals surface area contributed by atoms with Gasteiger partial charge in [-0.05, 0) is 50.7 Å². The van der Waals surface area contributed by atoms with Gasteiger partial charge in [0.1, 0.15) is 0 Å². The van der Waals surface area contributed by atoms with E-state index in [1.54, 1.807) is 5.56 Å². The first-order valence-electron chi connectivity index (χ1n) is 7.42. The van der Waals surface area contributed by atoms with Crippen LogP contribution in [0.25, 0.3) is 0 Å². The molecule has 0 saturated carbocycles. The summed E-state index contributed by atoms with van der Waals surface area (Å²) >= 11 is 0. The highest BCUT2D eigenvalue weighted by Crippen LogP contribution is 2.29. The van der Waals surface area contributed by atoms with E-state index < -0.39 is 0 Å². The van der Waals surface area contributed by atoms with E-state index in [1.165, 1.54) is 44.3 Å². The predicted molar refractivity (Wildman–Crippen MR) is 77.2 cm³/mol. The fourth-order valence-electron chi connectivity index (χ4n) is 3.35. The van der Waals surface area contributed by atoms with E-state index in [2.05, 4.69) is 41.4 Å². The summed E-state index contributed by atoms with van der Waals surface area (Å²) < 4.78 is 0. The molecule has 1 aromatic rings. The van der Waals surface area contributed by atoms with E-state index >= 15 is 0 Å². The van der Waals surface area contributed by atoms with E-state index in [0.29, 0.717) is 12.1 Å². The largest absolute Gasteiger partial charge is 0.367 e. The molecular weight excluding hydrogens is 220 g/mol. The van der Waals surface area contributed by atoms with Crippen LogP contribution in [0.5, 0.6) is 0 Å². The predicted octanol–water partition coefficient (Wildman–Crippen LogP) is 2.97. The Labute approximate surface area is 110 Å². The molecule has 1 fully saturated rings. The molecule has 2 heteroatoms. The van der Waals surface area contributed by atoms with Crippen molar-refractivity contribution < 1.29 is 0 Å². The van der Waals surface area contributed by atoms with Gasteiger partial charge < -0.3 is 10.2 Å². The quantitative estimate of drug-likeness (QED) is 0.817. The van der Waals surface area contributed by atoms with Crippen LogP contribution < -0.4 is 10.2 Å². The molecule has 1 saturated heterocycles. The third-order valence-corrected chi connectivity index (χ3v) is 4.47. The normalized spacial score (nSPS) is 28.6. The van der Waals surface area contributed by atoms with Crippen LogP contribution in [0.2, 0.25) is 0 Å². The van der Waals surface area contributed by atoms with E-state index in [9.17, 15) is 0 Å². The van der Waals surface area contributed by atoms with Gasteiger partial charge in [0.2, 0.25) is 0 Å². The molecular formula is C16H24N2. The maximum atomic E-state index is 3.64. The van der Waals surface area contributed by atoms with Crippen molar-refractivity contribution in [3.8, 4) is 0 Å². The van der Waals surface area contributed by atoms with Crippen molar-refractivity contribution in [3.05, 3.63) is 29.8 Å². The molecule has 1 aromatic carbocycles. The molecule has 0 aliphatic carbocycles. The topological polar surface area (TPSA) is 15.3 Å². The third-order valence-electron chi connectivity index (χ3n) is 4.47. The average Bonchev–Trinajstić information content (AvgIpc) is 2.62. The number of nitrogens with zero attached hydrogens (tertiary/aromatic N) is 1. The highest BCUT2D eigenvalue weighted by atomic mass is 15.2. The molecule has 2 heterocycles. The summed E-state index contributed by atoms with van der Waals surface area (Å²) in [7, 11) is 0. The summed E-state index contributed by atoms with van der Waals surface area (Å²) in [4.78, 5) is 2.67. The van der Waals surface area contributed by atoms with Crippen LogP contribution in [0, 0.1) is 0 Å². The van der Waals surface area contributed by atoms with E-state index in [0.717, 1.165) is 6.54 Å². The van der Waals surface area contributed by atoms with Crippen molar-refractivity contribution in [2.45, 2.75) is 51.1 Å². The van der Waals surface area contributed by atoms with Crippen LogP contribution in [-0.4, -0.2) is 25.2 Å². The van der Waals surface area contributed by atoms with Gasteiger partial charge in [0.15, 0.2) is 0 Å². The van der Waals surface area contributed by atoms with Crippen molar-refractivity contribution in [3.63, 3.8) is 0 Å². The Morgan fingerprint density at radius 2 is 2.06 bits per heavy atom. The van der Waals surface area contributed by atoms with Gasteiger partial charge in [0, 0.05) is 30.9 Å². The molecule has 98 valence electrons. The average molecular weight is 244 g/mol. The zero-order valence-electron chi connectivity index (χ0n) is 11.4. The molecule has 2 nitrogen and oxygen atoms in total. The van der Waals surface area contributed by atoms with E-state index in [-0.39, 0.29) is 0 Å². The molecule has 18 heavy (non-hydrogen) atoms. The van der Waals surface area contributed by atoms with Gasteiger partial charge in [-0.2, -0.15) is 0 Å². The fraction of sp³-hybridized carbons (Fsp3) is 0.625. The van der Waals surface area contributed by atoms with Gasteiger partial charge in [-0.15, -0.1) is 0 Å². The van der Waals surface area contributed by atoms with Crippen LogP contribution >= 0.6 is 0 Å². The summed E-state index contributed by atoms with van der Waals surface area (Å²) in [6, 6.07) is 10.4. The summed E-state index contributed by atoms with van der Waals surface area (Å²) in [6.45, 7) is 4.68. The lowest BCUT2D eigenvalue weighted by molar-refractivity contribution is 0.367. The zero-order valence-corrected chi connectivity index (χ0v) is 11.4. The number of benzene rings is 1. The molecule has 0 aromatic heterocycles. The number of anilines is 1. The fourth-order valence-corrected chi connectivity index (χ4v) is 3.35. The van der Waals surface area contributed by atoms with Crippen LogP contribution in [0.1, 0.15) is 38.2 Å². The Hall–Kier alpha value is -1.02. The first kappa shape index (κ1) is 12.0. The van der Waals surface area contributed by atoms with Crippen molar-refractivity contribution in [1.82, 2.24) is 5.32 Å². The number of fused-ring (bicyclic) bond motifs is 1. The Balaban J connectivity index is 1.83. The van der Waals surface area contributed by atoms with Gasteiger partial charge in [-0.25, -0.2) is 0 Å². The number of hydrogen-bond donors (Lipinski definition) is 1. The van der Waals surface area contributed by atoms with Crippen LogP contribution in [0.4, 0.5) is 5.69 Å². The van der Waals surface area contributed by atoms with Gasteiger partial charge in [-0.1, -0.05) is 18.2 Å². The summed E-state index contributed by atoms with van der Waals surface area (Å²) in [5, 5.41) is 3.64. The minimum atomic E-state index is 0.695. The second-order valence-corrected chi connectivity index (χ2v) is 5.82. The molecule has 0 radical (unpaired) electrons. The summed E-state index contributed by atoms with van der Waals surface area (Å²) in [6.07, 6.45) is 6.57. The Kier molecular flexibility index (Phi) is 3.55. The molecule has 3 rings (SSSR count). The maximum Gasteiger partial charge on any atom is 0.0415 e. The first-order valence-corrected chi connectivity index (χ1v) is 7.42. The summed E-state index contributed by atoms with van der Waals surface area (Å²) in [5.41, 5.74) is 3.05. The minimum Gasteiger partial charge on any atom is -0.367 e. The van der Waals surface area contributed by atoms with Crippen molar-refractivity contribution in [2.75, 3.05) is 18.0 Å². The molecule has 0 amide bonds. The molecule has 2 aliphatic rings. The smallest absolute Gasteiger partial charge is 0.0415 e. The number of piperidine rings is 1. The molecule has 1 N–H and O–H groups in total. The van der Waals surface area contributed by atoms with Gasteiger partial charge in [0.05, 0.1) is 0 Å². The van der Waals surface area contributed by atoms with Crippen LogP contribution in [0.15, 0.2) is 24.3 Å².